The fourth-order valence-corrected chi connectivity index (χ4v) is 1.59. The summed E-state index contributed by atoms with van der Waals surface area (Å²) in [5.41, 5.74) is 7.19. The van der Waals surface area contributed by atoms with Crippen LogP contribution >= 0.6 is 0 Å². The minimum Gasteiger partial charge on any atom is -0.397 e. The van der Waals surface area contributed by atoms with Gasteiger partial charge in [-0.1, -0.05) is 12.1 Å². The van der Waals surface area contributed by atoms with Crippen molar-refractivity contribution in [1.29, 1.82) is 0 Å². The van der Waals surface area contributed by atoms with Crippen LogP contribution < -0.4 is 16.0 Å². The maximum atomic E-state index is 11.8. The summed E-state index contributed by atoms with van der Waals surface area (Å²) >= 11 is 0. The number of amides is 1. The number of para-hydroxylation sites is 2. The zero-order valence-electron chi connectivity index (χ0n) is 10.9. The van der Waals surface area contributed by atoms with E-state index in [0.717, 1.165) is 5.69 Å². The molecule has 1 rings (SSSR count). The molecule has 4 heteroatoms. The lowest BCUT2D eigenvalue weighted by Crippen LogP contribution is -2.45. The van der Waals surface area contributed by atoms with Crippen molar-refractivity contribution in [2.45, 2.75) is 26.3 Å². The maximum absolute atomic E-state index is 11.8. The molecule has 0 radical (unpaired) electrons. The van der Waals surface area contributed by atoms with Crippen LogP contribution in [0.25, 0.3) is 0 Å². The Kier molecular flexibility index (Phi) is 3.99. The number of benzene rings is 1. The summed E-state index contributed by atoms with van der Waals surface area (Å²) in [7, 11) is 1.86. The normalized spacial score (nSPS) is 11.1. The van der Waals surface area contributed by atoms with Gasteiger partial charge in [-0.3, -0.25) is 4.79 Å². The molecule has 3 N–H and O–H groups in total. The first-order valence-corrected chi connectivity index (χ1v) is 5.66. The van der Waals surface area contributed by atoms with Gasteiger partial charge >= 0.3 is 0 Å². The Hall–Kier alpha value is -1.71. The SMILES string of the molecule is CN(CC(=O)NC(C)(C)C)c1ccccc1N. The Morgan fingerprint density at radius 2 is 1.94 bits per heavy atom. The Morgan fingerprint density at radius 3 is 2.47 bits per heavy atom. The van der Waals surface area contributed by atoms with Gasteiger partial charge < -0.3 is 16.0 Å². The highest BCUT2D eigenvalue weighted by Crippen LogP contribution is 2.20. The van der Waals surface area contributed by atoms with Crippen molar-refractivity contribution < 1.29 is 4.79 Å². The largest absolute Gasteiger partial charge is 0.397 e. The average Bonchev–Trinajstić information content (AvgIpc) is 2.14. The van der Waals surface area contributed by atoms with Gasteiger partial charge in [0.25, 0.3) is 0 Å². The fourth-order valence-electron chi connectivity index (χ4n) is 1.59. The number of hydrogen-bond donors (Lipinski definition) is 2. The minimum absolute atomic E-state index is 0.0109. The zero-order valence-corrected chi connectivity index (χ0v) is 10.9. The maximum Gasteiger partial charge on any atom is 0.239 e. The van der Waals surface area contributed by atoms with Crippen LogP contribution in [0.3, 0.4) is 0 Å². The number of nitrogens with one attached hydrogen (secondary N) is 1. The first kappa shape index (κ1) is 13.4. The number of hydrogen-bond acceptors (Lipinski definition) is 3. The third kappa shape index (κ3) is 4.34. The molecule has 1 aromatic rings. The average molecular weight is 235 g/mol. The molecule has 0 bridgehead atoms. The fraction of sp³-hybridized carbons (Fsp3) is 0.462. The van der Waals surface area contributed by atoms with E-state index in [1.165, 1.54) is 0 Å². The second-order valence-corrected chi connectivity index (χ2v) is 5.21. The predicted molar refractivity (Wildman–Crippen MR) is 72.0 cm³/mol. The second-order valence-electron chi connectivity index (χ2n) is 5.21. The van der Waals surface area contributed by atoms with E-state index in [1.54, 1.807) is 0 Å². The third-order valence-electron chi connectivity index (χ3n) is 2.24. The number of carbonyl (C=O) groups is 1. The monoisotopic (exact) mass is 235 g/mol. The third-order valence-corrected chi connectivity index (χ3v) is 2.24. The van der Waals surface area contributed by atoms with E-state index >= 15 is 0 Å². The van der Waals surface area contributed by atoms with Crippen LogP contribution in [0.2, 0.25) is 0 Å². The van der Waals surface area contributed by atoms with Crippen molar-refractivity contribution >= 4 is 17.3 Å². The van der Waals surface area contributed by atoms with E-state index < -0.39 is 0 Å². The van der Waals surface area contributed by atoms with Crippen molar-refractivity contribution in [3.63, 3.8) is 0 Å². The molecule has 0 fully saturated rings. The molecule has 0 heterocycles. The Bertz CT molecular complexity index is 396. The molecule has 4 nitrogen and oxygen atoms in total. The molecule has 1 amide bonds. The zero-order chi connectivity index (χ0) is 13.1. The number of nitrogens with zero attached hydrogens (tertiary/aromatic N) is 1. The smallest absolute Gasteiger partial charge is 0.239 e. The molecule has 0 aliphatic heterocycles. The van der Waals surface area contributed by atoms with Crippen molar-refractivity contribution in [2.24, 2.45) is 0 Å². The van der Waals surface area contributed by atoms with Gasteiger partial charge in [-0.25, -0.2) is 0 Å². The van der Waals surface area contributed by atoms with Crippen LogP contribution in [-0.2, 0) is 4.79 Å². The standard InChI is InChI=1S/C13H21N3O/c1-13(2,3)15-12(17)9-16(4)11-8-6-5-7-10(11)14/h5-8H,9,14H2,1-4H3,(H,15,17). The van der Waals surface area contributed by atoms with E-state index in [-0.39, 0.29) is 11.4 Å². The Labute approximate surface area is 103 Å². The number of nitrogen functional groups attached to an aromatic ring is 1. The second kappa shape index (κ2) is 5.08. The summed E-state index contributed by atoms with van der Waals surface area (Å²) < 4.78 is 0. The first-order valence-electron chi connectivity index (χ1n) is 5.66. The van der Waals surface area contributed by atoms with Crippen molar-refractivity contribution in [3.8, 4) is 0 Å². The van der Waals surface area contributed by atoms with Crippen LogP contribution in [0.15, 0.2) is 24.3 Å². The van der Waals surface area contributed by atoms with E-state index in [1.807, 2.05) is 57.0 Å². The van der Waals surface area contributed by atoms with Crippen LogP contribution in [0.5, 0.6) is 0 Å². The molecule has 0 spiro atoms. The number of likely N-dealkylation sites (N-methyl/N-ethyl adjacent to an activating group) is 1. The molecule has 0 aliphatic rings. The molecule has 94 valence electrons. The molecule has 0 atom stereocenters. The van der Waals surface area contributed by atoms with Crippen LogP contribution in [0.1, 0.15) is 20.8 Å². The van der Waals surface area contributed by atoms with Gasteiger partial charge in [0.05, 0.1) is 17.9 Å². The van der Waals surface area contributed by atoms with E-state index in [2.05, 4.69) is 5.32 Å². The summed E-state index contributed by atoms with van der Waals surface area (Å²) in [6, 6.07) is 7.51. The highest BCUT2D eigenvalue weighted by Gasteiger charge is 2.15. The van der Waals surface area contributed by atoms with Gasteiger partial charge in [-0.2, -0.15) is 0 Å². The van der Waals surface area contributed by atoms with Crippen LogP contribution in [-0.4, -0.2) is 25.0 Å². The predicted octanol–water partition coefficient (Wildman–Crippen LogP) is 1.62. The molecule has 0 aliphatic carbocycles. The quantitative estimate of drug-likeness (QED) is 0.783. The summed E-state index contributed by atoms with van der Waals surface area (Å²) in [5.74, 6) is -0.0109. The molecule has 1 aromatic carbocycles. The van der Waals surface area contributed by atoms with Crippen molar-refractivity contribution in [2.75, 3.05) is 24.2 Å². The lowest BCUT2D eigenvalue weighted by atomic mass is 10.1. The van der Waals surface area contributed by atoms with Crippen molar-refractivity contribution in [3.05, 3.63) is 24.3 Å². The van der Waals surface area contributed by atoms with Crippen LogP contribution in [0, 0.1) is 0 Å². The summed E-state index contributed by atoms with van der Waals surface area (Å²) in [5, 5.41) is 2.92. The summed E-state index contributed by atoms with van der Waals surface area (Å²) in [6.45, 7) is 6.18. The van der Waals surface area contributed by atoms with Gasteiger partial charge in [-0.15, -0.1) is 0 Å². The van der Waals surface area contributed by atoms with Gasteiger partial charge in [0.1, 0.15) is 0 Å². The summed E-state index contributed by atoms with van der Waals surface area (Å²) in [4.78, 5) is 13.6. The van der Waals surface area contributed by atoms with E-state index in [0.29, 0.717) is 12.2 Å². The number of carbonyl (C=O) groups excluding carboxylic acids is 1. The summed E-state index contributed by atoms with van der Waals surface area (Å²) in [6.07, 6.45) is 0. The number of nitrogens with two attached hydrogens (primary N) is 1. The molecule has 0 saturated heterocycles. The molecule has 17 heavy (non-hydrogen) atoms. The minimum atomic E-state index is -0.208. The topological polar surface area (TPSA) is 58.4 Å². The molecule has 0 saturated carbocycles. The van der Waals surface area contributed by atoms with Crippen molar-refractivity contribution in [1.82, 2.24) is 5.32 Å². The number of rotatable bonds is 3. The van der Waals surface area contributed by atoms with Crippen LogP contribution in [0.4, 0.5) is 11.4 Å². The highest BCUT2D eigenvalue weighted by atomic mass is 16.2. The first-order chi connectivity index (χ1) is 7.79. The number of anilines is 2. The van der Waals surface area contributed by atoms with E-state index in [9.17, 15) is 4.79 Å². The lowest BCUT2D eigenvalue weighted by Gasteiger charge is -2.25. The van der Waals surface area contributed by atoms with Gasteiger partial charge in [0.15, 0.2) is 0 Å². The molecule has 0 aromatic heterocycles. The molecular formula is C13H21N3O. The molecular weight excluding hydrogens is 214 g/mol. The Balaban J connectivity index is 2.64. The van der Waals surface area contributed by atoms with Gasteiger partial charge in [0.2, 0.25) is 5.91 Å². The van der Waals surface area contributed by atoms with E-state index in [4.69, 9.17) is 5.73 Å². The Morgan fingerprint density at radius 1 is 1.35 bits per heavy atom. The van der Waals surface area contributed by atoms with Gasteiger partial charge in [0, 0.05) is 12.6 Å². The molecule has 0 unspecified atom stereocenters. The highest BCUT2D eigenvalue weighted by molar-refractivity contribution is 5.83. The lowest BCUT2D eigenvalue weighted by molar-refractivity contribution is -0.121. The van der Waals surface area contributed by atoms with Gasteiger partial charge in [-0.05, 0) is 32.9 Å².